The molecule has 1 aliphatic heterocycles. The lowest BCUT2D eigenvalue weighted by molar-refractivity contribution is 0.237. The lowest BCUT2D eigenvalue weighted by atomic mass is 10.2. The smallest absolute Gasteiger partial charge is 0.249 e. The second-order valence-corrected chi connectivity index (χ2v) is 7.91. The molecule has 7 heteroatoms. The Hall–Kier alpha value is -3.32. The van der Waals surface area contributed by atoms with E-state index in [4.69, 9.17) is 9.15 Å². The number of piperazine rings is 1. The molecule has 0 radical (unpaired) electrons. The highest BCUT2D eigenvalue weighted by Crippen LogP contribution is 2.28. The largest absolute Gasteiger partial charge is 0.478 e. The van der Waals surface area contributed by atoms with E-state index in [-0.39, 0.29) is 5.56 Å². The zero-order chi connectivity index (χ0) is 21.0. The third kappa shape index (κ3) is 4.41. The van der Waals surface area contributed by atoms with E-state index in [1.54, 1.807) is 12.3 Å². The van der Waals surface area contributed by atoms with Crippen LogP contribution in [0.2, 0.25) is 0 Å². The molecule has 0 bridgehead atoms. The van der Waals surface area contributed by atoms with Crippen molar-refractivity contribution in [3.05, 3.63) is 65.1 Å². The van der Waals surface area contributed by atoms with Crippen LogP contribution in [0, 0.1) is 0 Å². The second-order valence-electron chi connectivity index (χ2n) is 7.91. The number of anilines is 1. The SMILES string of the molecule is O=c1ccc2ccc(OCCCCN3CCN(c4cccc5ccoc45)CC3)nc2[nH]1. The summed E-state index contributed by atoms with van der Waals surface area (Å²) < 4.78 is 11.5. The highest BCUT2D eigenvalue weighted by Gasteiger charge is 2.19. The zero-order valence-electron chi connectivity index (χ0n) is 17.4. The molecule has 4 heterocycles. The van der Waals surface area contributed by atoms with Gasteiger partial charge in [0.2, 0.25) is 11.4 Å². The molecule has 4 aromatic rings. The van der Waals surface area contributed by atoms with Crippen molar-refractivity contribution in [2.45, 2.75) is 12.8 Å². The summed E-state index contributed by atoms with van der Waals surface area (Å²) in [5.41, 5.74) is 2.59. The van der Waals surface area contributed by atoms with E-state index in [1.165, 1.54) is 11.8 Å². The number of benzene rings is 1. The Labute approximate surface area is 180 Å². The van der Waals surface area contributed by atoms with Gasteiger partial charge in [0.15, 0.2) is 5.58 Å². The lowest BCUT2D eigenvalue weighted by Crippen LogP contribution is -2.46. The number of aromatic nitrogens is 2. The summed E-state index contributed by atoms with van der Waals surface area (Å²) in [5, 5.41) is 2.06. The summed E-state index contributed by atoms with van der Waals surface area (Å²) in [6.45, 7) is 5.82. The maximum atomic E-state index is 11.4. The molecule has 0 spiro atoms. The number of fused-ring (bicyclic) bond motifs is 2. The molecule has 1 fully saturated rings. The molecule has 1 aliphatic rings. The third-order valence-corrected chi connectivity index (χ3v) is 5.85. The number of hydrogen-bond acceptors (Lipinski definition) is 6. The van der Waals surface area contributed by atoms with Gasteiger partial charge in [-0.2, -0.15) is 4.98 Å². The minimum absolute atomic E-state index is 0.155. The van der Waals surface area contributed by atoms with Gasteiger partial charge < -0.3 is 19.0 Å². The topological polar surface area (TPSA) is 74.6 Å². The Balaban J connectivity index is 1.05. The molecule has 0 amide bonds. The number of ether oxygens (including phenoxy) is 1. The molecule has 7 nitrogen and oxygen atoms in total. The van der Waals surface area contributed by atoms with Crippen molar-refractivity contribution in [3.8, 4) is 5.88 Å². The summed E-state index contributed by atoms with van der Waals surface area (Å²) in [6.07, 6.45) is 3.81. The summed E-state index contributed by atoms with van der Waals surface area (Å²) in [7, 11) is 0. The molecule has 1 N–H and O–H groups in total. The van der Waals surface area contributed by atoms with Crippen LogP contribution < -0.4 is 15.2 Å². The van der Waals surface area contributed by atoms with Gasteiger partial charge in [-0.15, -0.1) is 0 Å². The summed E-state index contributed by atoms with van der Waals surface area (Å²) in [5.74, 6) is 0.551. The molecule has 0 aliphatic carbocycles. The van der Waals surface area contributed by atoms with E-state index in [9.17, 15) is 4.79 Å². The van der Waals surface area contributed by atoms with Crippen LogP contribution >= 0.6 is 0 Å². The Bertz CT molecular complexity index is 1220. The van der Waals surface area contributed by atoms with E-state index in [1.807, 2.05) is 18.2 Å². The maximum absolute atomic E-state index is 11.4. The fourth-order valence-electron chi connectivity index (χ4n) is 4.14. The van der Waals surface area contributed by atoms with E-state index >= 15 is 0 Å². The highest BCUT2D eigenvalue weighted by molar-refractivity contribution is 5.89. The zero-order valence-corrected chi connectivity index (χ0v) is 17.4. The Kier molecular flexibility index (Phi) is 5.58. The lowest BCUT2D eigenvalue weighted by Gasteiger charge is -2.36. The quantitative estimate of drug-likeness (QED) is 0.462. The Morgan fingerprint density at radius 2 is 1.84 bits per heavy atom. The minimum Gasteiger partial charge on any atom is -0.478 e. The van der Waals surface area contributed by atoms with Gasteiger partial charge in [0.25, 0.3) is 0 Å². The normalized spacial score (nSPS) is 15.0. The molecule has 0 unspecified atom stereocenters. The van der Waals surface area contributed by atoms with Gasteiger partial charge in [-0.3, -0.25) is 9.69 Å². The van der Waals surface area contributed by atoms with Crippen molar-refractivity contribution in [2.75, 3.05) is 44.2 Å². The Morgan fingerprint density at radius 3 is 2.74 bits per heavy atom. The van der Waals surface area contributed by atoms with Crippen molar-refractivity contribution < 1.29 is 9.15 Å². The van der Waals surface area contributed by atoms with Crippen LogP contribution in [0.15, 0.2) is 64.0 Å². The number of rotatable bonds is 7. The predicted octanol–water partition coefficient (Wildman–Crippen LogP) is 3.65. The minimum atomic E-state index is -0.155. The second kappa shape index (κ2) is 8.81. The number of nitrogens with zero attached hydrogens (tertiary/aromatic N) is 3. The van der Waals surface area contributed by atoms with E-state index in [2.05, 4.69) is 38.0 Å². The number of pyridine rings is 2. The van der Waals surface area contributed by atoms with Gasteiger partial charge in [0.05, 0.1) is 18.6 Å². The van der Waals surface area contributed by atoms with Crippen LogP contribution in [0.5, 0.6) is 5.88 Å². The number of nitrogens with one attached hydrogen (secondary N) is 1. The van der Waals surface area contributed by atoms with E-state index in [0.29, 0.717) is 18.1 Å². The molecule has 160 valence electrons. The first-order valence-electron chi connectivity index (χ1n) is 10.8. The monoisotopic (exact) mass is 418 g/mol. The molecule has 3 aromatic heterocycles. The molecule has 0 saturated carbocycles. The van der Waals surface area contributed by atoms with Crippen molar-refractivity contribution in [2.24, 2.45) is 0 Å². The van der Waals surface area contributed by atoms with Crippen molar-refractivity contribution in [3.63, 3.8) is 0 Å². The van der Waals surface area contributed by atoms with Gasteiger partial charge in [-0.05, 0) is 43.7 Å². The van der Waals surface area contributed by atoms with E-state index < -0.39 is 0 Å². The van der Waals surface area contributed by atoms with Gasteiger partial charge in [0, 0.05) is 49.1 Å². The molecule has 1 saturated heterocycles. The molecule has 0 atom stereocenters. The van der Waals surface area contributed by atoms with Crippen molar-refractivity contribution >= 4 is 27.7 Å². The molecular weight excluding hydrogens is 392 g/mol. The molecule has 1 aromatic carbocycles. The van der Waals surface area contributed by atoms with Crippen LogP contribution in [0.25, 0.3) is 22.0 Å². The first kappa shape index (κ1) is 19.6. The summed E-state index contributed by atoms with van der Waals surface area (Å²) in [4.78, 5) is 23.5. The summed E-state index contributed by atoms with van der Waals surface area (Å²) in [6, 6.07) is 15.4. The number of para-hydroxylation sites is 1. The molecule has 31 heavy (non-hydrogen) atoms. The standard InChI is InChI=1S/C24H26N4O3/c29-21-8-6-19-7-9-22(26-24(19)25-21)30-16-2-1-11-27-12-14-28(15-13-27)20-5-3-4-18-10-17-31-23(18)20/h3-10,17H,1-2,11-16H2,(H,25,26,29). The average molecular weight is 418 g/mol. The Morgan fingerprint density at radius 1 is 0.968 bits per heavy atom. The number of aromatic amines is 1. The first-order chi connectivity index (χ1) is 15.3. The van der Waals surface area contributed by atoms with Crippen LogP contribution in [0.1, 0.15) is 12.8 Å². The van der Waals surface area contributed by atoms with Crippen LogP contribution in [0.4, 0.5) is 5.69 Å². The summed E-state index contributed by atoms with van der Waals surface area (Å²) >= 11 is 0. The van der Waals surface area contributed by atoms with Gasteiger partial charge >= 0.3 is 0 Å². The fourth-order valence-corrected chi connectivity index (χ4v) is 4.14. The van der Waals surface area contributed by atoms with Gasteiger partial charge in [-0.25, -0.2) is 0 Å². The number of furan rings is 1. The first-order valence-corrected chi connectivity index (χ1v) is 10.8. The van der Waals surface area contributed by atoms with Crippen molar-refractivity contribution in [1.82, 2.24) is 14.9 Å². The van der Waals surface area contributed by atoms with Gasteiger partial charge in [-0.1, -0.05) is 12.1 Å². The number of unbranched alkanes of at least 4 members (excludes halogenated alkanes) is 1. The number of hydrogen-bond donors (Lipinski definition) is 1. The van der Waals surface area contributed by atoms with Crippen LogP contribution in [-0.2, 0) is 0 Å². The molecule has 5 rings (SSSR count). The van der Waals surface area contributed by atoms with Gasteiger partial charge in [0.1, 0.15) is 5.65 Å². The fraction of sp³-hybridized carbons (Fsp3) is 0.333. The third-order valence-electron chi connectivity index (χ3n) is 5.85. The van der Waals surface area contributed by atoms with Crippen LogP contribution in [0.3, 0.4) is 0 Å². The molecular formula is C24H26N4O3. The van der Waals surface area contributed by atoms with E-state index in [0.717, 1.165) is 61.9 Å². The highest BCUT2D eigenvalue weighted by atomic mass is 16.5. The van der Waals surface area contributed by atoms with Crippen LogP contribution in [-0.4, -0.2) is 54.2 Å². The maximum Gasteiger partial charge on any atom is 0.249 e. The van der Waals surface area contributed by atoms with Crippen molar-refractivity contribution in [1.29, 1.82) is 0 Å². The number of H-pyrrole nitrogens is 1. The average Bonchev–Trinajstić information content (AvgIpc) is 3.28. The predicted molar refractivity (Wildman–Crippen MR) is 122 cm³/mol.